The van der Waals surface area contributed by atoms with Gasteiger partial charge < -0.3 is 29.7 Å². The molecular weight excluding hydrogens is 362 g/mol. The van der Waals surface area contributed by atoms with Gasteiger partial charge in [-0.1, -0.05) is 0 Å². The molecule has 0 radical (unpaired) electrons. The second kappa shape index (κ2) is 7.67. The van der Waals surface area contributed by atoms with E-state index in [2.05, 4.69) is 10.6 Å². The normalized spacial score (nSPS) is 17.5. The molecule has 2 heterocycles. The molecule has 2 aliphatic heterocycles. The lowest BCUT2D eigenvalue weighted by Crippen LogP contribution is -2.34. The average molecular weight is 383 g/mol. The van der Waals surface area contributed by atoms with Crippen LogP contribution in [0.3, 0.4) is 0 Å². The molecule has 2 aromatic carbocycles. The first kappa shape index (κ1) is 18.0. The van der Waals surface area contributed by atoms with Gasteiger partial charge in [-0.15, -0.1) is 0 Å². The minimum absolute atomic E-state index is 0.0492. The summed E-state index contributed by atoms with van der Waals surface area (Å²) in [6.07, 6.45) is 0.399. The maximum absolute atomic E-state index is 12.3. The number of nitrogens with zero attached hydrogens (tertiary/aromatic N) is 1. The van der Waals surface area contributed by atoms with E-state index < -0.39 is 0 Å². The summed E-state index contributed by atoms with van der Waals surface area (Å²) in [6.45, 7) is 1.16. The van der Waals surface area contributed by atoms with Crippen LogP contribution in [0.2, 0.25) is 0 Å². The maximum Gasteiger partial charge on any atom is 0.319 e. The Morgan fingerprint density at radius 1 is 1.18 bits per heavy atom. The number of hydrogen-bond acceptors (Lipinski definition) is 5. The zero-order valence-corrected chi connectivity index (χ0v) is 15.4. The van der Waals surface area contributed by atoms with Gasteiger partial charge >= 0.3 is 6.03 Å². The van der Waals surface area contributed by atoms with E-state index in [1.54, 1.807) is 30.2 Å². The molecule has 2 aromatic rings. The van der Waals surface area contributed by atoms with Gasteiger partial charge in [0.05, 0.1) is 7.11 Å². The molecule has 0 saturated carbocycles. The number of urea groups is 1. The highest BCUT2D eigenvalue weighted by molar-refractivity contribution is 5.96. The molecule has 0 spiro atoms. The minimum Gasteiger partial charge on any atom is -0.497 e. The SMILES string of the molecule is COc1ccc(N2CC(CNC(=O)Nc3ccc4c(c3)OCO4)CC2=O)cc1. The molecule has 0 aromatic heterocycles. The minimum atomic E-state index is -0.325. The molecule has 2 aliphatic rings. The van der Waals surface area contributed by atoms with Crippen LogP contribution < -0.4 is 29.7 Å². The highest BCUT2D eigenvalue weighted by Gasteiger charge is 2.30. The number of nitrogens with one attached hydrogen (secondary N) is 2. The number of anilines is 2. The van der Waals surface area contributed by atoms with Crippen LogP contribution >= 0.6 is 0 Å². The number of ether oxygens (including phenoxy) is 3. The summed E-state index contributed by atoms with van der Waals surface area (Å²) in [5.41, 5.74) is 1.45. The summed E-state index contributed by atoms with van der Waals surface area (Å²) in [4.78, 5) is 26.2. The number of rotatable bonds is 5. The van der Waals surface area contributed by atoms with Gasteiger partial charge in [-0.25, -0.2) is 4.79 Å². The van der Waals surface area contributed by atoms with Crippen LogP contribution in [0.5, 0.6) is 17.2 Å². The van der Waals surface area contributed by atoms with E-state index in [1.807, 2.05) is 24.3 Å². The summed E-state index contributed by atoms with van der Waals surface area (Å²) < 4.78 is 15.7. The quantitative estimate of drug-likeness (QED) is 0.829. The molecule has 0 bridgehead atoms. The van der Waals surface area contributed by atoms with Crippen LogP contribution in [0, 0.1) is 5.92 Å². The molecule has 1 atom stereocenters. The van der Waals surface area contributed by atoms with Gasteiger partial charge in [0.2, 0.25) is 12.7 Å². The highest BCUT2D eigenvalue weighted by Crippen LogP contribution is 2.34. The molecule has 1 saturated heterocycles. The van der Waals surface area contributed by atoms with E-state index in [1.165, 1.54) is 0 Å². The van der Waals surface area contributed by atoms with Crippen molar-refractivity contribution in [3.63, 3.8) is 0 Å². The largest absolute Gasteiger partial charge is 0.497 e. The molecule has 0 aliphatic carbocycles. The number of fused-ring (bicyclic) bond motifs is 1. The Hall–Kier alpha value is -3.42. The Kier molecular flexibility index (Phi) is 4.92. The van der Waals surface area contributed by atoms with Gasteiger partial charge in [-0.05, 0) is 36.4 Å². The lowest BCUT2D eigenvalue weighted by molar-refractivity contribution is -0.117. The summed E-state index contributed by atoms with van der Waals surface area (Å²) in [6, 6.07) is 12.3. The van der Waals surface area contributed by atoms with Crippen molar-refractivity contribution in [3.05, 3.63) is 42.5 Å². The number of benzene rings is 2. The Labute approximate surface area is 162 Å². The fourth-order valence-electron chi connectivity index (χ4n) is 3.32. The molecule has 1 fully saturated rings. The van der Waals surface area contributed by atoms with Crippen LogP contribution in [0.1, 0.15) is 6.42 Å². The lowest BCUT2D eigenvalue weighted by atomic mass is 10.1. The van der Waals surface area contributed by atoms with Gasteiger partial charge in [-0.3, -0.25) is 4.79 Å². The van der Waals surface area contributed by atoms with Crippen molar-refractivity contribution in [2.75, 3.05) is 37.2 Å². The summed E-state index contributed by atoms with van der Waals surface area (Å²) >= 11 is 0. The number of carbonyl (C=O) groups is 2. The standard InChI is InChI=1S/C20H21N3O5/c1-26-16-5-3-15(4-6-16)23-11-13(8-19(23)24)10-21-20(25)22-14-2-7-17-18(9-14)28-12-27-17/h2-7,9,13H,8,10-12H2,1H3,(H2,21,22,25). The zero-order chi connectivity index (χ0) is 19.5. The third-order valence-corrected chi connectivity index (χ3v) is 4.77. The highest BCUT2D eigenvalue weighted by atomic mass is 16.7. The van der Waals surface area contributed by atoms with Crippen molar-refractivity contribution < 1.29 is 23.8 Å². The van der Waals surface area contributed by atoms with Crippen LogP contribution in [0.25, 0.3) is 0 Å². The van der Waals surface area contributed by atoms with Crippen LogP contribution in [0.15, 0.2) is 42.5 Å². The summed E-state index contributed by atoms with van der Waals surface area (Å²) in [7, 11) is 1.60. The third kappa shape index (κ3) is 3.80. The van der Waals surface area contributed by atoms with E-state index >= 15 is 0 Å². The van der Waals surface area contributed by atoms with E-state index in [0.29, 0.717) is 36.7 Å². The summed E-state index contributed by atoms with van der Waals surface area (Å²) in [5.74, 6) is 2.11. The molecule has 146 valence electrons. The molecule has 3 amide bonds. The Balaban J connectivity index is 1.29. The van der Waals surface area contributed by atoms with Crippen LogP contribution in [-0.2, 0) is 4.79 Å². The molecule has 2 N–H and O–H groups in total. The lowest BCUT2D eigenvalue weighted by Gasteiger charge is -2.17. The van der Waals surface area contributed by atoms with Crippen molar-refractivity contribution >= 4 is 23.3 Å². The van der Waals surface area contributed by atoms with Gasteiger partial charge in [0.15, 0.2) is 11.5 Å². The van der Waals surface area contributed by atoms with Crippen molar-refractivity contribution in [3.8, 4) is 17.2 Å². The summed E-state index contributed by atoms with van der Waals surface area (Å²) in [5, 5.41) is 5.59. The van der Waals surface area contributed by atoms with Crippen molar-refractivity contribution in [1.29, 1.82) is 0 Å². The second-order valence-electron chi connectivity index (χ2n) is 6.68. The number of amides is 3. The maximum atomic E-state index is 12.3. The Morgan fingerprint density at radius 3 is 2.75 bits per heavy atom. The zero-order valence-electron chi connectivity index (χ0n) is 15.4. The van der Waals surface area contributed by atoms with Crippen molar-refractivity contribution in [1.82, 2.24) is 5.32 Å². The molecular formula is C20H21N3O5. The monoisotopic (exact) mass is 383 g/mol. The van der Waals surface area contributed by atoms with E-state index in [-0.39, 0.29) is 24.6 Å². The fourth-order valence-corrected chi connectivity index (χ4v) is 3.32. The molecule has 1 unspecified atom stereocenters. The van der Waals surface area contributed by atoms with Crippen LogP contribution in [-0.4, -0.2) is 38.9 Å². The topological polar surface area (TPSA) is 89.1 Å². The number of carbonyl (C=O) groups excluding carboxylic acids is 2. The predicted molar refractivity (Wildman–Crippen MR) is 103 cm³/mol. The van der Waals surface area contributed by atoms with Gasteiger partial charge in [0.1, 0.15) is 5.75 Å². The Bertz CT molecular complexity index is 884. The predicted octanol–water partition coefficient (Wildman–Crippen LogP) is 2.60. The molecule has 8 heteroatoms. The third-order valence-electron chi connectivity index (χ3n) is 4.77. The van der Waals surface area contributed by atoms with Crippen LogP contribution in [0.4, 0.5) is 16.2 Å². The fraction of sp³-hybridized carbons (Fsp3) is 0.300. The van der Waals surface area contributed by atoms with Gasteiger partial charge in [-0.2, -0.15) is 0 Å². The first-order chi connectivity index (χ1) is 13.6. The first-order valence-corrected chi connectivity index (χ1v) is 9.01. The number of hydrogen-bond donors (Lipinski definition) is 2. The first-order valence-electron chi connectivity index (χ1n) is 9.01. The molecule has 28 heavy (non-hydrogen) atoms. The second-order valence-corrected chi connectivity index (χ2v) is 6.68. The van der Waals surface area contributed by atoms with E-state index in [9.17, 15) is 9.59 Å². The average Bonchev–Trinajstić information content (AvgIpc) is 3.32. The van der Waals surface area contributed by atoms with Crippen molar-refractivity contribution in [2.24, 2.45) is 5.92 Å². The Morgan fingerprint density at radius 2 is 1.96 bits per heavy atom. The van der Waals surface area contributed by atoms with E-state index in [4.69, 9.17) is 14.2 Å². The van der Waals surface area contributed by atoms with Gasteiger partial charge in [0, 0.05) is 42.9 Å². The smallest absolute Gasteiger partial charge is 0.319 e. The number of methoxy groups -OCH3 is 1. The van der Waals surface area contributed by atoms with Crippen molar-refractivity contribution in [2.45, 2.75) is 6.42 Å². The van der Waals surface area contributed by atoms with Gasteiger partial charge in [0.25, 0.3) is 0 Å². The molecule has 4 rings (SSSR count). The van der Waals surface area contributed by atoms with E-state index in [0.717, 1.165) is 11.4 Å². The molecule has 8 nitrogen and oxygen atoms in total.